The van der Waals surface area contributed by atoms with Crippen LogP contribution in [0.25, 0.3) is 6.08 Å². The number of benzene rings is 1. The third-order valence-electron chi connectivity index (χ3n) is 9.43. The summed E-state index contributed by atoms with van der Waals surface area (Å²) in [6, 6.07) is 9.53. The minimum atomic E-state index is -3.84. The number of allylic oxidation sites excluding steroid dienone is 1. The lowest BCUT2D eigenvalue weighted by molar-refractivity contribution is -0.374. The fourth-order valence-electron chi connectivity index (χ4n) is 6.73. The van der Waals surface area contributed by atoms with Crippen molar-refractivity contribution in [1.82, 2.24) is 0 Å². The molecule has 3 rings (SSSR count). The fraction of sp³-hybridized carbons (Fsp3) is 0.639. The number of carboxylic acid groups (broad SMARTS) is 3. The molecule has 2 saturated heterocycles. The number of ether oxygens (including phenoxy) is 4. The van der Waals surface area contributed by atoms with E-state index in [4.69, 9.17) is 18.9 Å². The zero-order valence-electron chi connectivity index (χ0n) is 28.8. The van der Waals surface area contributed by atoms with Gasteiger partial charge in [-0.25, -0.2) is 14.4 Å². The lowest BCUT2D eigenvalue weighted by atomic mass is 9.74. The Labute approximate surface area is 291 Å². The summed E-state index contributed by atoms with van der Waals surface area (Å²) in [6.07, 6.45) is 1.74. The van der Waals surface area contributed by atoms with Gasteiger partial charge in [0.05, 0.1) is 0 Å². The summed E-state index contributed by atoms with van der Waals surface area (Å²) >= 11 is 0. The van der Waals surface area contributed by atoms with Gasteiger partial charge in [0, 0.05) is 19.8 Å². The molecule has 0 aromatic heterocycles. The van der Waals surface area contributed by atoms with Gasteiger partial charge in [-0.2, -0.15) is 0 Å². The van der Waals surface area contributed by atoms with Crippen molar-refractivity contribution < 1.29 is 68.5 Å². The van der Waals surface area contributed by atoms with Gasteiger partial charge >= 0.3 is 29.8 Å². The average Bonchev–Trinajstić information content (AvgIpc) is 3.27. The molecule has 1 aromatic rings. The number of unbranched alkanes of at least 4 members (excludes halogenated alkanes) is 6. The van der Waals surface area contributed by atoms with Crippen LogP contribution in [0.3, 0.4) is 0 Å². The van der Waals surface area contributed by atoms with E-state index in [1.807, 2.05) is 49.4 Å². The van der Waals surface area contributed by atoms with Crippen LogP contribution in [0.2, 0.25) is 0 Å². The summed E-state index contributed by atoms with van der Waals surface area (Å²) < 4.78 is 22.1. The largest absolute Gasteiger partial charge is 0.479 e. The highest BCUT2D eigenvalue weighted by Crippen LogP contribution is 2.55. The molecule has 0 saturated carbocycles. The molecular weight excluding hydrogens is 656 g/mol. The second-order valence-electron chi connectivity index (χ2n) is 13.2. The molecule has 0 spiro atoms. The van der Waals surface area contributed by atoms with E-state index in [1.165, 1.54) is 6.92 Å². The van der Waals surface area contributed by atoms with E-state index >= 15 is 0 Å². The zero-order valence-corrected chi connectivity index (χ0v) is 28.8. The third kappa shape index (κ3) is 8.89. The molecule has 2 heterocycles. The fourth-order valence-corrected chi connectivity index (χ4v) is 6.73. The molecule has 14 heteroatoms. The van der Waals surface area contributed by atoms with Crippen LogP contribution in [0.5, 0.6) is 0 Å². The van der Waals surface area contributed by atoms with Gasteiger partial charge in [-0.15, -0.1) is 0 Å². The van der Waals surface area contributed by atoms with Crippen LogP contribution in [0.4, 0.5) is 0 Å². The van der Waals surface area contributed by atoms with Gasteiger partial charge in [-0.3, -0.25) is 9.59 Å². The SMILES string of the molecule is CCCCCCCCCC(=O)O[C@@H]1[C@@H](O)[C@@]2(CCCC(OC(C)=O)C(C)CC=Cc3ccccc3)O[C@H](C(=O)O)[C@@](O)(C(=O)O)[C@]1(C(=O)O)O2. The number of rotatable bonds is 21. The predicted octanol–water partition coefficient (Wildman–Crippen LogP) is 4.09. The standard InChI is InChI=1S/C36H50O14/c1-4-5-6-7-8-9-13-21-27(38)48-29-28(39)34(49-30(31(40)41)35(46,32(42)43)36(29,50-34)33(44)45)22-15-20-26(47-24(3)37)23(2)16-14-19-25-17-11-10-12-18-25/h10-12,14,17-19,23,26,28-30,39,46H,4-9,13,15-16,20-22H2,1-3H3,(H,40,41)(H,42,43)(H,44,45)/t23?,26?,28-,29-,30-,34+,35-,36+/m1/s1. The van der Waals surface area contributed by atoms with Gasteiger partial charge in [-0.05, 0) is 37.2 Å². The van der Waals surface area contributed by atoms with Gasteiger partial charge in [-0.1, -0.05) is 94.9 Å². The highest BCUT2D eigenvalue weighted by atomic mass is 16.8. The molecule has 50 heavy (non-hydrogen) atoms. The molecule has 14 nitrogen and oxygen atoms in total. The molecule has 2 aliphatic heterocycles. The first-order chi connectivity index (χ1) is 23.7. The van der Waals surface area contributed by atoms with Gasteiger partial charge in [0.2, 0.25) is 23.1 Å². The van der Waals surface area contributed by atoms with Crippen molar-refractivity contribution >= 4 is 35.9 Å². The number of hydrogen-bond donors (Lipinski definition) is 5. The summed E-state index contributed by atoms with van der Waals surface area (Å²) in [6.45, 7) is 5.18. The summed E-state index contributed by atoms with van der Waals surface area (Å²) in [7, 11) is 0. The minimum Gasteiger partial charge on any atom is -0.479 e. The van der Waals surface area contributed by atoms with Gasteiger partial charge < -0.3 is 44.5 Å². The maximum absolute atomic E-state index is 13.0. The molecule has 278 valence electrons. The normalized spacial score (nSPS) is 28.5. The number of aliphatic carboxylic acids is 3. The zero-order chi connectivity index (χ0) is 37.1. The van der Waals surface area contributed by atoms with Crippen molar-refractivity contribution in [3.8, 4) is 0 Å². The highest BCUT2D eigenvalue weighted by Gasteiger charge is 2.85. The van der Waals surface area contributed by atoms with Gasteiger partial charge in [0.15, 0.2) is 6.10 Å². The first kappa shape index (κ1) is 40.6. The summed E-state index contributed by atoms with van der Waals surface area (Å²) in [4.78, 5) is 62.7. The average molecular weight is 707 g/mol. The quantitative estimate of drug-likeness (QED) is 0.0897. The van der Waals surface area contributed by atoms with E-state index < -0.39 is 77.7 Å². The molecule has 0 amide bonds. The van der Waals surface area contributed by atoms with Crippen molar-refractivity contribution in [3.63, 3.8) is 0 Å². The number of hydrogen-bond acceptors (Lipinski definition) is 11. The Morgan fingerprint density at radius 1 is 0.940 bits per heavy atom. The maximum Gasteiger partial charge on any atom is 0.344 e. The Kier molecular flexibility index (Phi) is 14.5. The van der Waals surface area contributed by atoms with E-state index in [2.05, 4.69) is 6.92 Å². The van der Waals surface area contributed by atoms with Crippen LogP contribution in [-0.2, 0) is 42.9 Å². The van der Waals surface area contributed by atoms with Crippen LogP contribution < -0.4 is 0 Å². The molecule has 2 bridgehead atoms. The topological polar surface area (TPSA) is 223 Å². The second kappa shape index (κ2) is 17.9. The summed E-state index contributed by atoms with van der Waals surface area (Å²) in [5.41, 5.74) is -6.34. The van der Waals surface area contributed by atoms with E-state index in [-0.39, 0.29) is 25.2 Å². The second-order valence-corrected chi connectivity index (χ2v) is 13.2. The Bertz CT molecular complexity index is 1360. The number of carbonyl (C=O) groups excluding carboxylic acids is 2. The molecular formula is C36H50O14. The highest BCUT2D eigenvalue weighted by molar-refractivity contribution is 5.98. The van der Waals surface area contributed by atoms with Crippen molar-refractivity contribution in [2.75, 3.05) is 0 Å². The molecule has 8 atom stereocenters. The lowest BCUT2D eigenvalue weighted by Gasteiger charge is -2.48. The molecule has 2 unspecified atom stereocenters. The van der Waals surface area contributed by atoms with Crippen LogP contribution in [0, 0.1) is 5.92 Å². The Hall–Kier alpha value is -3.85. The number of aliphatic hydroxyl groups excluding tert-OH is 1. The summed E-state index contributed by atoms with van der Waals surface area (Å²) in [5, 5.41) is 53.4. The molecule has 1 aromatic carbocycles. The van der Waals surface area contributed by atoms with Crippen molar-refractivity contribution in [2.24, 2.45) is 5.92 Å². The van der Waals surface area contributed by atoms with E-state index in [9.17, 15) is 49.5 Å². The minimum absolute atomic E-state index is 0.0199. The number of fused-ring (bicyclic) bond motifs is 2. The van der Waals surface area contributed by atoms with Crippen LogP contribution in [0.1, 0.15) is 103 Å². The number of carboxylic acids is 3. The lowest BCUT2D eigenvalue weighted by Crippen LogP contribution is -2.78. The smallest absolute Gasteiger partial charge is 0.344 e. The number of aliphatic hydroxyl groups is 2. The predicted molar refractivity (Wildman–Crippen MR) is 176 cm³/mol. The van der Waals surface area contributed by atoms with Crippen LogP contribution in [-0.4, -0.2) is 96.8 Å². The third-order valence-corrected chi connectivity index (χ3v) is 9.43. The maximum atomic E-state index is 13.0. The van der Waals surface area contributed by atoms with Crippen molar-refractivity contribution in [1.29, 1.82) is 0 Å². The molecule has 2 fully saturated rings. The van der Waals surface area contributed by atoms with E-state index in [0.29, 0.717) is 19.3 Å². The van der Waals surface area contributed by atoms with E-state index in [0.717, 1.165) is 37.7 Å². The van der Waals surface area contributed by atoms with Crippen LogP contribution >= 0.6 is 0 Å². The van der Waals surface area contributed by atoms with Crippen molar-refractivity contribution in [3.05, 3.63) is 42.0 Å². The molecule has 0 radical (unpaired) electrons. The molecule has 0 aliphatic carbocycles. The first-order valence-electron chi connectivity index (χ1n) is 17.2. The molecule has 5 N–H and O–H groups in total. The van der Waals surface area contributed by atoms with E-state index in [1.54, 1.807) is 0 Å². The Balaban J connectivity index is 1.85. The van der Waals surface area contributed by atoms with Crippen LogP contribution in [0.15, 0.2) is 36.4 Å². The van der Waals surface area contributed by atoms with Gasteiger partial charge in [0.1, 0.15) is 12.2 Å². The number of carbonyl (C=O) groups is 5. The first-order valence-corrected chi connectivity index (χ1v) is 17.2. The van der Waals surface area contributed by atoms with Gasteiger partial charge in [0.25, 0.3) is 0 Å². The summed E-state index contributed by atoms with van der Waals surface area (Å²) in [5.74, 6) is -10.9. The number of esters is 2. The monoisotopic (exact) mass is 706 g/mol. The van der Waals surface area contributed by atoms with Crippen molar-refractivity contribution in [2.45, 2.75) is 139 Å². The molecule has 2 aliphatic rings. The Morgan fingerprint density at radius 2 is 1.58 bits per heavy atom. The Morgan fingerprint density at radius 3 is 2.16 bits per heavy atom.